The molecule has 0 radical (unpaired) electrons. The molecule has 3 aromatic carbocycles. The van der Waals surface area contributed by atoms with Crippen LogP contribution in [-0.2, 0) is 13.0 Å². The molecule has 0 aliphatic rings. The van der Waals surface area contributed by atoms with Crippen molar-refractivity contribution in [3.8, 4) is 5.75 Å². The highest BCUT2D eigenvalue weighted by atomic mass is 79.9. The number of nitrogens with zero attached hydrogens (tertiary/aromatic N) is 1. The summed E-state index contributed by atoms with van der Waals surface area (Å²) in [5.41, 5.74) is 3.69. The van der Waals surface area contributed by atoms with Crippen molar-refractivity contribution < 1.29 is 9.13 Å². The SMILES string of the molecule is CCc1ccc(N=Cc2ccc(OCc3ccccc3F)c(Br)c2)cc1. The molecule has 0 fully saturated rings. The van der Waals surface area contributed by atoms with Gasteiger partial charge in [-0.05, 0) is 69.9 Å². The Balaban J connectivity index is 1.66. The van der Waals surface area contributed by atoms with Gasteiger partial charge in [-0.2, -0.15) is 0 Å². The number of hydrogen-bond donors (Lipinski definition) is 0. The van der Waals surface area contributed by atoms with Gasteiger partial charge in [0.25, 0.3) is 0 Å². The maximum absolute atomic E-state index is 13.7. The van der Waals surface area contributed by atoms with Gasteiger partial charge in [0.2, 0.25) is 0 Å². The Morgan fingerprint density at radius 3 is 2.50 bits per heavy atom. The van der Waals surface area contributed by atoms with Crippen LogP contribution in [0.4, 0.5) is 10.1 Å². The number of ether oxygens (including phenoxy) is 1. The van der Waals surface area contributed by atoms with Gasteiger partial charge in [0, 0.05) is 11.8 Å². The Labute approximate surface area is 161 Å². The van der Waals surface area contributed by atoms with Crippen molar-refractivity contribution in [2.75, 3.05) is 0 Å². The average molecular weight is 412 g/mol. The maximum Gasteiger partial charge on any atom is 0.134 e. The zero-order valence-corrected chi connectivity index (χ0v) is 16.0. The van der Waals surface area contributed by atoms with Gasteiger partial charge >= 0.3 is 0 Å². The van der Waals surface area contributed by atoms with Crippen molar-refractivity contribution in [2.45, 2.75) is 20.0 Å². The number of benzene rings is 3. The summed E-state index contributed by atoms with van der Waals surface area (Å²) in [7, 11) is 0. The fourth-order valence-corrected chi connectivity index (χ4v) is 2.96. The lowest BCUT2D eigenvalue weighted by Gasteiger charge is -2.09. The van der Waals surface area contributed by atoms with Crippen LogP contribution in [0, 0.1) is 5.82 Å². The first kappa shape index (κ1) is 18.3. The monoisotopic (exact) mass is 411 g/mol. The van der Waals surface area contributed by atoms with Crippen LogP contribution in [0.15, 0.2) is 76.2 Å². The molecule has 26 heavy (non-hydrogen) atoms. The van der Waals surface area contributed by atoms with Gasteiger partial charge in [-0.3, -0.25) is 4.99 Å². The van der Waals surface area contributed by atoms with Gasteiger partial charge in [0.15, 0.2) is 0 Å². The summed E-state index contributed by atoms with van der Waals surface area (Å²) in [4.78, 5) is 4.49. The third-order valence-electron chi connectivity index (χ3n) is 4.00. The van der Waals surface area contributed by atoms with E-state index in [1.165, 1.54) is 11.6 Å². The molecule has 2 nitrogen and oxygen atoms in total. The normalized spacial score (nSPS) is 11.0. The molecule has 3 rings (SSSR count). The number of hydrogen-bond acceptors (Lipinski definition) is 2. The van der Waals surface area contributed by atoms with Crippen LogP contribution in [0.5, 0.6) is 5.75 Å². The van der Waals surface area contributed by atoms with Crippen LogP contribution in [0.1, 0.15) is 23.6 Å². The van der Waals surface area contributed by atoms with Gasteiger partial charge in [0.05, 0.1) is 10.2 Å². The molecule has 0 saturated heterocycles. The smallest absolute Gasteiger partial charge is 0.134 e. The molecule has 132 valence electrons. The first-order chi connectivity index (χ1) is 12.7. The highest BCUT2D eigenvalue weighted by Crippen LogP contribution is 2.27. The predicted molar refractivity (Wildman–Crippen MR) is 108 cm³/mol. The molecular weight excluding hydrogens is 393 g/mol. The molecule has 0 atom stereocenters. The van der Waals surface area contributed by atoms with Crippen LogP contribution in [0.2, 0.25) is 0 Å². The summed E-state index contributed by atoms with van der Waals surface area (Å²) in [6.07, 6.45) is 2.83. The Morgan fingerprint density at radius 1 is 1.04 bits per heavy atom. The Hall–Kier alpha value is -2.46. The zero-order valence-electron chi connectivity index (χ0n) is 14.5. The van der Waals surface area contributed by atoms with Gasteiger partial charge in [0.1, 0.15) is 18.2 Å². The molecule has 0 aliphatic carbocycles. The highest BCUT2D eigenvalue weighted by Gasteiger charge is 2.05. The van der Waals surface area contributed by atoms with Crippen molar-refractivity contribution in [3.63, 3.8) is 0 Å². The van der Waals surface area contributed by atoms with E-state index in [2.05, 4.69) is 40.0 Å². The maximum atomic E-state index is 13.7. The van der Waals surface area contributed by atoms with Crippen molar-refractivity contribution >= 4 is 27.8 Å². The molecule has 0 amide bonds. The number of halogens is 2. The fourth-order valence-electron chi connectivity index (χ4n) is 2.45. The second kappa shape index (κ2) is 8.77. The lowest BCUT2D eigenvalue weighted by molar-refractivity contribution is 0.298. The third-order valence-corrected chi connectivity index (χ3v) is 4.62. The molecular formula is C22H19BrFNO. The minimum atomic E-state index is -0.263. The first-order valence-corrected chi connectivity index (χ1v) is 9.24. The minimum absolute atomic E-state index is 0.183. The topological polar surface area (TPSA) is 21.6 Å². The molecule has 0 heterocycles. The molecule has 0 aliphatic heterocycles. The summed E-state index contributed by atoms with van der Waals surface area (Å²) < 4.78 is 20.2. The van der Waals surface area contributed by atoms with Crippen molar-refractivity contribution in [2.24, 2.45) is 4.99 Å². The van der Waals surface area contributed by atoms with Crippen LogP contribution >= 0.6 is 15.9 Å². The van der Waals surface area contributed by atoms with Crippen LogP contribution in [-0.4, -0.2) is 6.21 Å². The third kappa shape index (κ3) is 4.79. The van der Waals surface area contributed by atoms with Crippen LogP contribution < -0.4 is 4.74 Å². The quantitative estimate of drug-likeness (QED) is 0.425. The zero-order chi connectivity index (χ0) is 18.4. The van der Waals surface area contributed by atoms with Gasteiger partial charge < -0.3 is 4.74 Å². The summed E-state index contributed by atoms with van der Waals surface area (Å²) in [5.74, 6) is 0.402. The van der Waals surface area contributed by atoms with E-state index in [4.69, 9.17) is 4.74 Å². The Bertz CT molecular complexity index is 906. The van der Waals surface area contributed by atoms with E-state index < -0.39 is 0 Å². The fraction of sp³-hybridized carbons (Fsp3) is 0.136. The van der Waals surface area contributed by atoms with Gasteiger partial charge in [-0.15, -0.1) is 0 Å². The summed E-state index contributed by atoms with van der Waals surface area (Å²) in [5, 5.41) is 0. The Kier molecular flexibility index (Phi) is 6.18. The molecule has 4 heteroatoms. The number of rotatable bonds is 6. The van der Waals surface area contributed by atoms with E-state index in [1.807, 2.05) is 36.5 Å². The summed E-state index contributed by atoms with van der Waals surface area (Å²) in [6, 6.07) is 20.5. The molecule has 0 saturated carbocycles. The predicted octanol–water partition coefficient (Wildman–Crippen LogP) is 6.48. The molecule has 0 bridgehead atoms. The summed E-state index contributed by atoms with van der Waals surface area (Å²) >= 11 is 3.50. The van der Waals surface area contributed by atoms with E-state index in [-0.39, 0.29) is 12.4 Å². The molecule has 0 aromatic heterocycles. The molecule has 0 unspecified atom stereocenters. The largest absolute Gasteiger partial charge is 0.488 e. The van der Waals surface area contributed by atoms with E-state index in [0.717, 1.165) is 22.1 Å². The highest BCUT2D eigenvalue weighted by molar-refractivity contribution is 9.10. The van der Waals surface area contributed by atoms with Crippen LogP contribution in [0.25, 0.3) is 0 Å². The second-order valence-electron chi connectivity index (χ2n) is 5.85. The average Bonchev–Trinajstić information content (AvgIpc) is 2.67. The standard InChI is InChI=1S/C22H19BrFNO/c1-2-16-7-10-19(11-8-16)25-14-17-9-12-22(20(23)13-17)26-15-18-5-3-4-6-21(18)24/h3-14H,2,15H2,1H3. The van der Waals surface area contributed by atoms with E-state index >= 15 is 0 Å². The van der Waals surface area contributed by atoms with Crippen molar-refractivity contribution in [3.05, 3.63) is 93.7 Å². The van der Waals surface area contributed by atoms with E-state index in [9.17, 15) is 4.39 Å². The molecule has 0 N–H and O–H groups in total. The molecule has 0 spiro atoms. The van der Waals surface area contributed by atoms with Crippen molar-refractivity contribution in [1.29, 1.82) is 0 Å². The van der Waals surface area contributed by atoms with Gasteiger partial charge in [-0.1, -0.05) is 37.3 Å². The van der Waals surface area contributed by atoms with Crippen molar-refractivity contribution in [1.82, 2.24) is 0 Å². The lowest BCUT2D eigenvalue weighted by Crippen LogP contribution is -1.99. The number of aliphatic imine (C=N–C) groups is 1. The first-order valence-electron chi connectivity index (χ1n) is 8.44. The minimum Gasteiger partial charge on any atom is -0.488 e. The summed E-state index contributed by atoms with van der Waals surface area (Å²) in [6.45, 7) is 2.31. The number of aryl methyl sites for hydroxylation is 1. The Morgan fingerprint density at radius 2 is 1.81 bits per heavy atom. The second-order valence-corrected chi connectivity index (χ2v) is 6.70. The molecule has 3 aromatic rings. The van der Waals surface area contributed by atoms with Gasteiger partial charge in [-0.25, -0.2) is 4.39 Å². The van der Waals surface area contributed by atoms with E-state index in [1.54, 1.807) is 18.2 Å². The lowest BCUT2D eigenvalue weighted by atomic mass is 10.1. The van der Waals surface area contributed by atoms with E-state index in [0.29, 0.717) is 11.3 Å². The van der Waals surface area contributed by atoms with Crippen LogP contribution in [0.3, 0.4) is 0 Å².